The standard InChI is InChI=1S/C13H24N2OS/c1-11-4-6-14(7-5-11)12(16)15-8-9-17-13(2,3)10-15/h11H,4-10H2,1-3H3. The minimum absolute atomic E-state index is 0.219. The number of carbonyl (C=O) groups excluding carboxylic acids is 1. The van der Waals surface area contributed by atoms with Gasteiger partial charge in [0.1, 0.15) is 0 Å². The molecule has 0 saturated carbocycles. The maximum absolute atomic E-state index is 12.4. The molecule has 98 valence electrons. The molecule has 17 heavy (non-hydrogen) atoms. The quantitative estimate of drug-likeness (QED) is 0.665. The third-order valence-electron chi connectivity index (χ3n) is 3.75. The highest BCUT2D eigenvalue weighted by Gasteiger charge is 2.32. The zero-order valence-corrected chi connectivity index (χ0v) is 12.1. The Labute approximate surface area is 109 Å². The van der Waals surface area contributed by atoms with Gasteiger partial charge in [0.05, 0.1) is 0 Å². The SMILES string of the molecule is CC1CCN(C(=O)N2CCSC(C)(C)C2)CC1. The van der Waals surface area contributed by atoms with Crippen LogP contribution in [0.1, 0.15) is 33.6 Å². The highest BCUT2D eigenvalue weighted by Crippen LogP contribution is 2.30. The van der Waals surface area contributed by atoms with Gasteiger partial charge in [-0.05, 0) is 32.6 Å². The summed E-state index contributed by atoms with van der Waals surface area (Å²) in [5, 5.41) is 0. The number of amides is 2. The Kier molecular flexibility index (Phi) is 3.91. The lowest BCUT2D eigenvalue weighted by Gasteiger charge is -2.41. The van der Waals surface area contributed by atoms with E-state index in [4.69, 9.17) is 0 Å². The summed E-state index contributed by atoms with van der Waals surface area (Å²) >= 11 is 1.98. The number of hydrogen-bond donors (Lipinski definition) is 0. The van der Waals surface area contributed by atoms with E-state index < -0.39 is 0 Å². The first-order valence-corrected chi connectivity index (χ1v) is 7.64. The summed E-state index contributed by atoms with van der Waals surface area (Å²) in [4.78, 5) is 16.5. The zero-order valence-electron chi connectivity index (χ0n) is 11.2. The predicted molar refractivity (Wildman–Crippen MR) is 73.5 cm³/mol. The normalized spacial score (nSPS) is 26.1. The highest BCUT2D eigenvalue weighted by atomic mass is 32.2. The first-order valence-electron chi connectivity index (χ1n) is 6.66. The molecule has 2 rings (SSSR count). The van der Waals surface area contributed by atoms with Crippen LogP contribution in [0.15, 0.2) is 0 Å². The molecule has 0 aromatic heterocycles. The first-order chi connectivity index (χ1) is 7.98. The maximum Gasteiger partial charge on any atom is 0.320 e. The molecular formula is C13H24N2OS. The number of rotatable bonds is 0. The van der Waals surface area contributed by atoms with E-state index in [2.05, 4.69) is 20.8 Å². The minimum atomic E-state index is 0.219. The van der Waals surface area contributed by atoms with Gasteiger partial charge in [0, 0.05) is 36.7 Å². The Morgan fingerprint density at radius 3 is 2.41 bits per heavy atom. The summed E-state index contributed by atoms with van der Waals surface area (Å²) in [7, 11) is 0. The predicted octanol–water partition coefficient (Wildman–Crippen LogP) is 2.67. The molecule has 4 heteroatoms. The monoisotopic (exact) mass is 256 g/mol. The van der Waals surface area contributed by atoms with Crippen LogP contribution in [0.5, 0.6) is 0 Å². The van der Waals surface area contributed by atoms with Gasteiger partial charge < -0.3 is 9.80 Å². The van der Waals surface area contributed by atoms with E-state index in [-0.39, 0.29) is 10.8 Å². The smallest absolute Gasteiger partial charge is 0.320 e. The summed E-state index contributed by atoms with van der Waals surface area (Å²) in [6, 6.07) is 0.269. The van der Waals surface area contributed by atoms with Crippen molar-refractivity contribution in [2.75, 3.05) is 31.9 Å². The van der Waals surface area contributed by atoms with Crippen molar-refractivity contribution in [3.63, 3.8) is 0 Å². The number of piperidine rings is 1. The average Bonchev–Trinajstić information content (AvgIpc) is 2.28. The van der Waals surface area contributed by atoms with E-state index in [1.807, 2.05) is 21.6 Å². The third-order valence-corrected chi connectivity index (χ3v) is 5.05. The van der Waals surface area contributed by atoms with E-state index in [0.717, 1.165) is 50.7 Å². The van der Waals surface area contributed by atoms with E-state index in [9.17, 15) is 4.79 Å². The topological polar surface area (TPSA) is 23.6 Å². The second-order valence-corrected chi connectivity index (χ2v) is 7.78. The van der Waals surface area contributed by atoms with Crippen LogP contribution >= 0.6 is 11.8 Å². The molecule has 0 aromatic carbocycles. The maximum atomic E-state index is 12.4. The lowest BCUT2D eigenvalue weighted by Crippen LogP contribution is -2.52. The van der Waals surface area contributed by atoms with E-state index in [0.29, 0.717) is 0 Å². The van der Waals surface area contributed by atoms with Crippen LogP contribution in [0.2, 0.25) is 0 Å². The molecule has 2 saturated heterocycles. The Morgan fingerprint density at radius 1 is 1.18 bits per heavy atom. The molecule has 0 aliphatic carbocycles. The van der Waals surface area contributed by atoms with Gasteiger partial charge in [-0.2, -0.15) is 11.8 Å². The number of carbonyl (C=O) groups is 1. The molecular weight excluding hydrogens is 232 g/mol. The zero-order chi connectivity index (χ0) is 12.5. The number of urea groups is 1. The number of thioether (sulfide) groups is 1. The Hall–Kier alpha value is -0.380. The largest absolute Gasteiger partial charge is 0.325 e. The molecule has 0 N–H and O–H groups in total. The van der Waals surface area contributed by atoms with E-state index >= 15 is 0 Å². The van der Waals surface area contributed by atoms with E-state index in [1.54, 1.807) is 0 Å². The molecule has 0 unspecified atom stereocenters. The van der Waals surface area contributed by atoms with E-state index in [1.165, 1.54) is 0 Å². The molecule has 2 amide bonds. The fourth-order valence-corrected chi connectivity index (χ4v) is 3.69. The lowest BCUT2D eigenvalue weighted by atomic mass is 9.99. The lowest BCUT2D eigenvalue weighted by molar-refractivity contribution is 0.132. The third kappa shape index (κ3) is 3.30. The van der Waals surface area contributed by atoms with Crippen LogP contribution in [0, 0.1) is 5.92 Å². The molecule has 2 heterocycles. The van der Waals surface area contributed by atoms with Gasteiger partial charge in [0.15, 0.2) is 0 Å². The second kappa shape index (κ2) is 5.09. The van der Waals surface area contributed by atoms with Crippen LogP contribution in [-0.2, 0) is 0 Å². The van der Waals surface area contributed by atoms with Gasteiger partial charge in [-0.3, -0.25) is 0 Å². The average molecular weight is 256 g/mol. The van der Waals surface area contributed by atoms with Crippen molar-refractivity contribution < 1.29 is 4.79 Å². The Bertz CT molecular complexity index is 285. The van der Waals surface area contributed by atoms with Crippen molar-refractivity contribution in [2.45, 2.75) is 38.4 Å². The fraction of sp³-hybridized carbons (Fsp3) is 0.923. The van der Waals surface area contributed by atoms with Crippen molar-refractivity contribution in [1.82, 2.24) is 9.80 Å². The molecule has 2 aliphatic rings. The Morgan fingerprint density at radius 2 is 1.82 bits per heavy atom. The van der Waals surface area contributed by atoms with Crippen molar-refractivity contribution in [3.8, 4) is 0 Å². The van der Waals surface area contributed by atoms with Crippen LogP contribution in [0.4, 0.5) is 4.79 Å². The van der Waals surface area contributed by atoms with Gasteiger partial charge >= 0.3 is 6.03 Å². The molecule has 3 nitrogen and oxygen atoms in total. The van der Waals surface area contributed by atoms with Gasteiger partial charge in [0.2, 0.25) is 0 Å². The first kappa shape index (κ1) is 13.1. The van der Waals surface area contributed by atoms with Crippen molar-refractivity contribution in [2.24, 2.45) is 5.92 Å². The van der Waals surface area contributed by atoms with Gasteiger partial charge in [0.25, 0.3) is 0 Å². The summed E-state index contributed by atoms with van der Waals surface area (Å²) in [5.74, 6) is 1.86. The summed E-state index contributed by atoms with van der Waals surface area (Å²) < 4.78 is 0.219. The molecule has 0 atom stereocenters. The molecule has 2 aliphatic heterocycles. The van der Waals surface area contributed by atoms with Crippen LogP contribution in [0.25, 0.3) is 0 Å². The fourth-order valence-electron chi connectivity index (χ4n) is 2.58. The second-order valence-electron chi connectivity index (χ2n) is 5.98. The summed E-state index contributed by atoms with van der Waals surface area (Å²) in [6.07, 6.45) is 2.33. The molecule has 0 aromatic rings. The number of nitrogens with zero attached hydrogens (tertiary/aromatic N) is 2. The summed E-state index contributed by atoms with van der Waals surface area (Å²) in [5.41, 5.74) is 0. The molecule has 0 spiro atoms. The number of hydrogen-bond acceptors (Lipinski definition) is 2. The van der Waals surface area contributed by atoms with Crippen LogP contribution < -0.4 is 0 Å². The Balaban J connectivity index is 1.91. The van der Waals surface area contributed by atoms with Crippen molar-refractivity contribution in [3.05, 3.63) is 0 Å². The van der Waals surface area contributed by atoms with Crippen molar-refractivity contribution >= 4 is 17.8 Å². The number of likely N-dealkylation sites (tertiary alicyclic amines) is 1. The highest BCUT2D eigenvalue weighted by molar-refractivity contribution is 8.00. The van der Waals surface area contributed by atoms with Crippen LogP contribution in [0.3, 0.4) is 0 Å². The van der Waals surface area contributed by atoms with Gasteiger partial charge in [-0.25, -0.2) is 4.79 Å². The van der Waals surface area contributed by atoms with Gasteiger partial charge in [-0.15, -0.1) is 0 Å². The minimum Gasteiger partial charge on any atom is -0.325 e. The molecule has 0 bridgehead atoms. The molecule has 2 fully saturated rings. The molecule has 0 radical (unpaired) electrons. The summed E-state index contributed by atoms with van der Waals surface area (Å²) in [6.45, 7) is 10.4. The van der Waals surface area contributed by atoms with Crippen molar-refractivity contribution in [1.29, 1.82) is 0 Å². The van der Waals surface area contributed by atoms with Gasteiger partial charge in [-0.1, -0.05) is 6.92 Å². The van der Waals surface area contributed by atoms with Crippen LogP contribution in [-0.4, -0.2) is 52.5 Å².